The monoisotopic (exact) mass is 481 g/mol. The minimum absolute atomic E-state index is 0.0505. The zero-order chi connectivity index (χ0) is 23.9. The van der Waals surface area contributed by atoms with Gasteiger partial charge in [-0.15, -0.1) is 11.3 Å². The third-order valence-electron chi connectivity index (χ3n) is 5.95. The number of benzene rings is 1. The van der Waals surface area contributed by atoms with E-state index in [2.05, 4.69) is 31.5 Å². The van der Waals surface area contributed by atoms with Gasteiger partial charge in [0.25, 0.3) is 0 Å². The van der Waals surface area contributed by atoms with Crippen molar-refractivity contribution in [3.05, 3.63) is 82.6 Å². The average Bonchev–Trinajstić information content (AvgIpc) is 3.38. The molecular weight excluding hydrogens is 453 g/mol. The smallest absolute Gasteiger partial charge is 0.309 e. The van der Waals surface area contributed by atoms with Gasteiger partial charge in [0.2, 0.25) is 0 Å². The van der Waals surface area contributed by atoms with E-state index in [0.717, 1.165) is 42.3 Å². The summed E-state index contributed by atoms with van der Waals surface area (Å²) in [6, 6.07) is 13.9. The molecule has 1 aliphatic rings. The standard InChI is InChI=1S/C25H28FN5O2S/c1-18(29-25(33)24(32)28-17-19-4-2-10-27-16-19)23(22-5-3-15-34-22)31-13-11-30(12-14-31)21-8-6-20(26)7-9-21/h2-10,15-16,18,23H,11-14,17H2,1H3,(H,28,32)(H,29,33)/t18-,23+/m0/s1. The molecule has 7 nitrogen and oxygen atoms in total. The minimum Gasteiger partial charge on any atom is -0.369 e. The molecule has 2 N–H and O–H groups in total. The van der Waals surface area contributed by atoms with Crippen LogP contribution in [0.2, 0.25) is 0 Å². The lowest BCUT2D eigenvalue weighted by molar-refractivity contribution is -0.140. The number of pyridine rings is 1. The molecule has 9 heteroatoms. The molecule has 1 fully saturated rings. The molecular formula is C25H28FN5O2S. The molecule has 2 atom stereocenters. The van der Waals surface area contributed by atoms with Crippen molar-refractivity contribution in [1.29, 1.82) is 0 Å². The second-order valence-electron chi connectivity index (χ2n) is 8.27. The van der Waals surface area contributed by atoms with Crippen molar-refractivity contribution in [3.8, 4) is 0 Å². The number of halogens is 1. The Labute approximate surface area is 202 Å². The molecule has 3 aromatic rings. The van der Waals surface area contributed by atoms with Crippen LogP contribution in [0.1, 0.15) is 23.4 Å². The highest BCUT2D eigenvalue weighted by Crippen LogP contribution is 2.30. The summed E-state index contributed by atoms with van der Waals surface area (Å²) in [4.78, 5) is 34.7. The maximum Gasteiger partial charge on any atom is 0.309 e. The second-order valence-corrected chi connectivity index (χ2v) is 9.25. The first-order valence-corrected chi connectivity index (χ1v) is 12.1. The molecule has 1 aliphatic heterocycles. The number of nitrogens with zero attached hydrogens (tertiary/aromatic N) is 3. The molecule has 0 radical (unpaired) electrons. The Kier molecular flexibility index (Phi) is 7.87. The maximum absolute atomic E-state index is 13.3. The quantitative estimate of drug-likeness (QED) is 0.508. The summed E-state index contributed by atoms with van der Waals surface area (Å²) in [5.41, 5.74) is 1.83. The van der Waals surface area contributed by atoms with E-state index < -0.39 is 11.8 Å². The number of thiophene rings is 1. The zero-order valence-electron chi connectivity index (χ0n) is 19.0. The number of hydrogen-bond donors (Lipinski definition) is 2. The lowest BCUT2D eigenvalue weighted by Gasteiger charge is -2.42. The van der Waals surface area contributed by atoms with Gasteiger partial charge in [0.05, 0.1) is 6.04 Å². The number of amides is 2. The third-order valence-corrected chi connectivity index (χ3v) is 6.89. The highest BCUT2D eigenvalue weighted by Gasteiger charge is 2.32. The fourth-order valence-electron chi connectivity index (χ4n) is 4.23. The first-order valence-electron chi connectivity index (χ1n) is 11.3. The number of rotatable bonds is 7. The molecule has 2 amide bonds. The van der Waals surface area contributed by atoms with Crippen molar-refractivity contribution < 1.29 is 14.0 Å². The second kappa shape index (κ2) is 11.2. The first-order chi connectivity index (χ1) is 16.5. The lowest BCUT2D eigenvalue weighted by atomic mass is 10.0. The summed E-state index contributed by atoms with van der Waals surface area (Å²) >= 11 is 1.64. The van der Waals surface area contributed by atoms with Gasteiger partial charge in [-0.05, 0) is 54.3 Å². The number of anilines is 1. The van der Waals surface area contributed by atoms with E-state index in [1.54, 1.807) is 41.9 Å². The van der Waals surface area contributed by atoms with E-state index >= 15 is 0 Å². The van der Waals surface area contributed by atoms with Crippen molar-refractivity contribution in [3.63, 3.8) is 0 Å². The third kappa shape index (κ3) is 5.98. The van der Waals surface area contributed by atoms with Gasteiger partial charge in [0.1, 0.15) is 5.82 Å². The molecule has 3 heterocycles. The van der Waals surface area contributed by atoms with Gasteiger partial charge < -0.3 is 15.5 Å². The van der Waals surface area contributed by atoms with Gasteiger partial charge in [-0.1, -0.05) is 12.1 Å². The normalized spacial score (nSPS) is 16.0. The minimum atomic E-state index is -0.665. The Morgan fingerprint density at radius 3 is 2.47 bits per heavy atom. The van der Waals surface area contributed by atoms with Gasteiger partial charge >= 0.3 is 11.8 Å². The van der Waals surface area contributed by atoms with E-state index in [9.17, 15) is 14.0 Å². The van der Waals surface area contributed by atoms with Gasteiger partial charge in [-0.3, -0.25) is 19.5 Å². The van der Waals surface area contributed by atoms with Crippen molar-refractivity contribution in [2.24, 2.45) is 0 Å². The van der Waals surface area contributed by atoms with E-state index in [-0.39, 0.29) is 24.4 Å². The first kappa shape index (κ1) is 23.8. The molecule has 34 heavy (non-hydrogen) atoms. The van der Waals surface area contributed by atoms with Gasteiger partial charge in [0.15, 0.2) is 0 Å². The van der Waals surface area contributed by atoms with Crippen molar-refractivity contribution >= 4 is 28.8 Å². The van der Waals surface area contributed by atoms with Crippen molar-refractivity contribution in [2.45, 2.75) is 25.6 Å². The molecule has 178 valence electrons. The number of carbonyl (C=O) groups excluding carboxylic acids is 2. The zero-order valence-corrected chi connectivity index (χ0v) is 19.8. The molecule has 0 unspecified atom stereocenters. The molecule has 0 spiro atoms. The van der Waals surface area contributed by atoms with Gasteiger partial charge in [-0.2, -0.15) is 0 Å². The predicted molar refractivity (Wildman–Crippen MR) is 131 cm³/mol. The van der Waals surface area contributed by atoms with E-state index in [4.69, 9.17) is 0 Å². The lowest BCUT2D eigenvalue weighted by Crippen LogP contribution is -2.53. The van der Waals surface area contributed by atoms with E-state index in [1.165, 1.54) is 12.1 Å². The highest BCUT2D eigenvalue weighted by molar-refractivity contribution is 7.10. The summed E-state index contributed by atoms with van der Waals surface area (Å²) < 4.78 is 13.3. The van der Waals surface area contributed by atoms with E-state index in [0.29, 0.717) is 0 Å². The largest absolute Gasteiger partial charge is 0.369 e. The SMILES string of the molecule is C[C@H](NC(=O)C(=O)NCc1cccnc1)[C@H](c1cccs1)N1CCN(c2ccc(F)cc2)CC1. The van der Waals surface area contributed by atoms with Crippen LogP contribution >= 0.6 is 11.3 Å². The molecule has 0 aliphatic carbocycles. The van der Waals surface area contributed by atoms with Crippen molar-refractivity contribution in [1.82, 2.24) is 20.5 Å². The number of hydrogen-bond acceptors (Lipinski definition) is 6. The highest BCUT2D eigenvalue weighted by atomic mass is 32.1. The van der Waals surface area contributed by atoms with Crippen LogP contribution < -0.4 is 15.5 Å². The Bertz CT molecular complexity index is 1070. The fraction of sp³-hybridized carbons (Fsp3) is 0.320. The van der Waals surface area contributed by atoms with E-state index in [1.807, 2.05) is 24.4 Å². The molecule has 0 saturated carbocycles. The van der Waals surface area contributed by atoms with Gasteiger partial charge in [0, 0.05) is 61.7 Å². The Morgan fingerprint density at radius 2 is 1.82 bits per heavy atom. The Morgan fingerprint density at radius 1 is 1.06 bits per heavy atom. The van der Waals surface area contributed by atoms with Gasteiger partial charge in [-0.25, -0.2) is 4.39 Å². The summed E-state index contributed by atoms with van der Waals surface area (Å²) in [5, 5.41) is 7.56. The average molecular weight is 482 g/mol. The van der Waals surface area contributed by atoms with Crippen LogP contribution in [0, 0.1) is 5.82 Å². The van der Waals surface area contributed by atoms with Crippen LogP contribution in [0.3, 0.4) is 0 Å². The van der Waals surface area contributed by atoms with Crippen LogP contribution in [0.5, 0.6) is 0 Å². The molecule has 1 aromatic carbocycles. The number of nitrogens with one attached hydrogen (secondary N) is 2. The van der Waals surface area contributed by atoms with Crippen LogP contribution in [0.25, 0.3) is 0 Å². The molecule has 1 saturated heterocycles. The molecule has 0 bridgehead atoms. The fourth-order valence-corrected chi connectivity index (χ4v) is 5.19. The summed E-state index contributed by atoms with van der Waals surface area (Å²) in [6.07, 6.45) is 3.31. The summed E-state index contributed by atoms with van der Waals surface area (Å²) in [7, 11) is 0. The molecule has 2 aromatic heterocycles. The molecule has 4 rings (SSSR count). The Hall–Kier alpha value is -3.30. The van der Waals surface area contributed by atoms with Crippen LogP contribution in [-0.2, 0) is 16.1 Å². The summed E-state index contributed by atoms with van der Waals surface area (Å²) in [6.45, 7) is 5.33. The topological polar surface area (TPSA) is 77.6 Å². The van der Waals surface area contributed by atoms with Crippen LogP contribution in [0.4, 0.5) is 10.1 Å². The van der Waals surface area contributed by atoms with Crippen molar-refractivity contribution in [2.75, 3.05) is 31.1 Å². The summed E-state index contributed by atoms with van der Waals surface area (Å²) in [5.74, 6) is -1.56. The number of aromatic nitrogens is 1. The van der Waals surface area contributed by atoms with Crippen LogP contribution in [-0.4, -0.2) is 53.9 Å². The number of carbonyl (C=O) groups is 2. The van der Waals surface area contributed by atoms with Crippen LogP contribution in [0.15, 0.2) is 66.3 Å². The number of piperazine rings is 1. The predicted octanol–water partition coefficient (Wildman–Crippen LogP) is 2.97. The maximum atomic E-state index is 13.3. The Balaban J connectivity index is 1.37.